The molecule has 12 heavy (non-hydrogen) atoms. The fourth-order valence-electron chi connectivity index (χ4n) is 1.68. The van der Waals surface area contributed by atoms with Gasteiger partial charge in [-0.25, -0.2) is 0 Å². The van der Waals surface area contributed by atoms with Crippen molar-refractivity contribution in [2.75, 3.05) is 18.0 Å². The summed E-state index contributed by atoms with van der Waals surface area (Å²) < 4.78 is 0. The van der Waals surface area contributed by atoms with Crippen LogP contribution >= 0.6 is 0 Å². The maximum Gasteiger partial charge on any atom is 0.0366 e. The molecule has 1 heterocycles. The fourth-order valence-corrected chi connectivity index (χ4v) is 1.68. The molecule has 0 amide bonds. The molecule has 0 aromatic heterocycles. The number of para-hydroxylation sites is 1. The zero-order chi connectivity index (χ0) is 8.39. The van der Waals surface area contributed by atoms with E-state index in [-0.39, 0.29) is 0 Å². The molecular weight excluding hydrogens is 146 g/mol. The standard InChI is InChI=1S/C11H15N/c1-2-10-8-12(9-10)11-6-4-3-5-7-11/h3-7,10H,2,8-9H2,1H3. The molecule has 1 aromatic carbocycles. The van der Waals surface area contributed by atoms with Crippen molar-refractivity contribution in [3.05, 3.63) is 30.3 Å². The van der Waals surface area contributed by atoms with E-state index < -0.39 is 0 Å². The lowest BCUT2D eigenvalue weighted by Gasteiger charge is -2.40. The largest absolute Gasteiger partial charge is 0.371 e. The molecular formula is C11H15N. The average molecular weight is 161 g/mol. The molecule has 0 atom stereocenters. The van der Waals surface area contributed by atoms with Crippen LogP contribution in [0.5, 0.6) is 0 Å². The number of rotatable bonds is 2. The van der Waals surface area contributed by atoms with Gasteiger partial charge in [-0.15, -0.1) is 0 Å². The summed E-state index contributed by atoms with van der Waals surface area (Å²) in [6, 6.07) is 10.7. The molecule has 0 aliphatic carbocycles. The van der Waals surface area contributed by atoms with E-state index >= 15 is 0 Å². The minimum atomic E-state index is 0.935. The van der Waals surface area contributed by atoms with Gasteiger partial charge in [-0.05, 0) is 24.5 Å². The van der Waals surface area contributed by atoms with Crippen molar-refractivity contribution in [2.45, 2.75) is 13.3 Å². The van der Waals surface area contributed by atoms with Gasteiger partial charge in [0.1, 0.15) is 0 Å². The van der Waals surface area contributed by atoms with Crippen LogP contribution in [0, 0.1) is 5.92 Å². The summed E-state index contributed by atoms with van der Waals surface area (Å²) in [5, 5.41) is 0. The van der Waals surface area contributed by atoms with Crippen molar-refractivity contribution in [1.29, 1.82) is 0 Å². The minimum Gasteiger partial charge on any atom is -0.371 e. The maximum atomic E-state index is 2.44. The van der Waals surface area contributed by atoms with Crippen LogP contribution in [-0.2, 0) is 0 Å². The number of nitrogens with zero attached hydrogens (tertiary/aromatic N) is 1. The predicted molar refractivity (Wildman–Crippen MR) is 52.4 cm³/mol. The monoisotopic (exact) mass is 161 g/mol. The molecule has 0 unspecified atom stereocenters. The van der Waals surface area contributed by atoms with Gasteiger partial charge in [0.25, 0.3) is 0 Å². The van der Waals surface area contributed by atoms with Crippen LogP contribution in [0.15, 0.2) is 30.3 Å². The highest BCUT2D eigenvalue weighted by atomic mass is 15.2. The highest BCUT2D eigenvalue weighted by Gasteiger charge is 2.24. The first-order valence-corrected chi connectivity index (χ1v) is 4.70. The van der Waals surface area contributed by atoms with E-state index in [0.717, 1.165) is 5.92 Å². The van der Waals surface area contributed by atoms with Crippen molar-refractivity contribution >= 4 is 5.69 Å². The molecule has 1 saturated heterocycles. The summed E-state index contributed by atoms with van der Waals surface area (Å²) in [6.07, 6.45) is 1.32. The zero-order valence-corrected chi connectivity index (χ0v) is 7.53. The van der Waals surface area contributed by atoms with E-state index in [1.165, 1.54) is 25.2 Å². The van der Waals surface area contributed by atoms with Crippen molar-refractivity contribution in [3.8, 4) is 0 Å². The summed E-state index contributed by atoms with van der Waals surface area (Å²) in [4.78, 5) is 2.44. The molecule has 0 saturated carbocycles. The van der Waals surface area contributed by atoms with E-state index in [2.05, 4.69) is 42.2 Å². The average Bonchev–Trinajstić information content (AvgIpc) is 2.04. The normalized spacial score (nSPS) is 17.6. The number of benzene rings is 1. The number of hydrogen-bond acceptors (Lipinski definition) is 1. The number of anilines is 1. The van der Waals surface area contributed by atoms with Gasteiger partial charge in [-0.1, -0.05) is 25.1 Å². The lowest BCUT2D eigenvalue weighted by atomic mass is 9.97. The summed E-state index contributed by atoms with van der Waals surface area (Å²) in [7, 11) is 0. The maximum absolute atomic E-state index is 2.44. The topological polar surface area (TPSA) is 3.24 Å². The quantitative estimate of drug-likeness (QED) is 0.644. The van der Waals surface area contributed by atoms with Gasteiger partial charge in [0, 0.05) is 18.8 Å². The molecule has 0 spiro atoms. The first-order chi connectivity index (χ1) is 5.90. The Labute approximate surface area is 74.0 Å². The Morgan fingerprint density at radius 2 is 1.92 bits per heavy atom. The SMILES string of the molecule is CCC1CN(c2ccccc2)C1. The molecule has 1 aliphatic heterocycles. The van der Waals surface area contributed by atoms with Crippen LogP contribution in [-0.4, -0.2) is 13.1 Å². The molecule has 1 aromatic rings. The van der Waals surface area contributed by atoms with Crippen LogP contribution in [0.2, 0.25) is 0 Å². The smallest absolute Gasteiger partial charge is 0.0366 e. The zero-order valence-electron chi connectivity index (χ0n) is 7.53. The summed E-state index contributed by atoms with van der Waals surface area (Å²) in [6.45, 7) is 4.77. The van der Waals surface area contributed by atoms with Crippen molar-refractivity contribution < 1.29 is 0 Å². The third-order valence-corrected chi connectivity index (χ3v) is 2.66. The van der Waals surface area contributed by atoms with Gasteiger partial charge < -0.3 is 4.90 Å². The second kappa shape index (κ2) is 3.18. The molecule has 0 bridgehead atoms. The first-order valence-electron chi connectivity index (χ1n) is 4.70. The van der Waals surface area contributed by atoms with E-state index in [1.807, 2.05) is 0 Å². The minimum absolute atomic E-state index is 0.935. The van der Waals surface area contributed by atoms with Gasteiger partial charge in [0.2, 0.25) is 0 Å². The van der Waals surface area contributed by atoms with E-state index in [4.69, 9.17) is 0 Å². The van der Waals surface area contributed by atoms with Crippen LogP contribution in [0.4, 0.5) is 5.69 Å². The molecule has 0 radical (unpaired) electrons. The third-order valence-electron chi connectivity index (χ3n) is 2.66. The Bertz CT molecular complexity index is 236. The van der Waals surface area contributed by atoms with Crippen LogP contribution in [0.25, 0.3) is 0 Å². The lowest BCUT2D eigenvalue weighted by Crippen LogP contribution is -2.46. The predicted octanol–water partition coefficient (Wildman–Crippen LogP) is 2.53. The van der Waals surface area contributed by atoms with Crippen LogP contribution in [0.1, 0.15) is 13.3 Å². The second-order valence-corrected chi connectivity index (χ2v) is 3.51. The van der Waals surface area contributed by atoms with Gasteiger partial charge >= 0.3 is 0 Å². The van der Waals surface area contributed by atoms with E-state index in [0.29, 0.717) is 0 Å². The molecule has 1 fully saturated rings. The van der Waals surface area contributed by atoms with E-state index in [1.54, 1.807) is 0 Å². The summed E-state index contributed by atoms with van der Waals surface area (Å²) >= 11 is 0. The molecule has 0 N–H and O–H groups in total. The van der Waals surface area contributed by atoms with Crippen LogP contribution in [0.3, 0.4) is 0 Å². The van der Waals surface area contributed by atoms with Crippen molar-refractivity contribution in [2.24, 2.45) is 5.92 Å². The van der Waals surface area contributed by atoms with Gasteiger partial charge in [-0.3, -0.25) is 0 Å². The first kappa shape index (κ1) is 7.66. The Hall–Kier alpha value is -0.980. The Morgan fingerprint density at radius 3 is 2.50 bits per heavy atom. The summed E-state index contributed by atoms with van der Waals surface area (Å²) in [5.74, 6) is 0.935. The molecule has 64 valence electrons. The number of hydrogen-bond donors (Lipinski definition) is 0. The Kier molecular flexibility index (Phi) is 2.03. The van der Waals surface area contributed by atoms with Crippen molar-refractivity contribution in [3.63, 3.8) is 0 Å². The molecule has 1 aliphatic rings. The van der Waals surface area contributed by atoms with Gasteiger partial charge in [-0.2, -0.15) is 0 Å². The highest BCUT2D eigenvalue weighted by molar-refractivity contribution is 5.48. The van der Waals surface area contributed by atoms with Crippen molar-refractivity contribution in [1.82, 2.24) is 0 Å². The highest BCUT2D eigenvalue weighted by Crippen LogP contribution is 2.25. The molecule has 1 nitrogen and oxygen atoms in total. The summed E-state index contributed by atoms with van der Waals surface area (Å²) in [5.41, 5.74) is 1.38. The third kappa shape index (κ3) is 1.31. The van der Waals surface area contributed by atoms with Gasteiger partial charge in [0.05, 0.1) is 0 Å². The fraction of sp³-hybridized carbons (Fsp3) is 0.455. The van der Waals surface area contributed by atoms with Gasteiger partial charge in [0.15, 0.2) is 0 Å². The van der Waals surface area contributed by atoms with Crippen LogP contribution < -0.4 is 4.90 Å². The molecule has 1 heteroatoms. The Balaban J connectivity index is 1.97. The lowest BCUT2D eigenvalue weighted by molar-refractivity contribution is 0.399. The second-order valence-electron chi connectivity index (χ2n) is 3.51. The Morgan fingerprint density at radius 1 is 1.25 bits per heavy atom. The van der Waals surface area contributed by atoms with E-state index in [9.17, 15) is 0 Å². The molecule has 2 rings (SSSR count).